The SMILES string of the molecule is CNCC1(CNC(=O)Cc2ccncc2)CC1. The summed E-state index contributed by atoms with van der Waals surface area (Å²) in [6.07, 6.45) is 6.29. The van der Waals surface area contributed by atoms with Crippen molar-refractivity contribution in [3.05, 3.63) is 30.1 Å². The van der Waals surface area contributed by atoms with Crippen LogP contribution in [0.3, 0.4) is 0 Å². The molecular formula is C13H19N3O. The summed E-state index contributed by atoms with van der Waals surface area (Å²) in [4.78, 5) is 15.7. The van der Waals surface area contributed by atoms with E-state index in [0.29, 0.717) is 11.8 Å². The molecule has 0 spiro atoms. The standard InChI is InChI=1S/C13H19N3O/c1-14-9-13(4-5-13)10-16-12(17)8-11-2-6-15-7-3-11/h2-3,6-7,14H,4-5,8-10H2,1H3,(H,16,17). The topological polar surface area (TPSA) is 54.0 Å². The maximum Gasteiger partial charge on any atom is 0.224 e. The number of nitrogens with zero attached hydrogens (tertiary/aromatic N) is 1. The number of hydrogen-bond acceptors (Lipinski definition) is 3. The van der Waals surface area contributed by atoms with Gasteiger partial charge < -0.3 is 10.6 Å². The second-order valence-electron chi connectivity index (χ2n) is 4.84. The van der Waals surface area contributed by atoms with Crippen LogP contribution in [0.2, 0.25) is 0 Å². The molecule has 1 fully saturated rings. The van der Waals surface area contributed by atoms with Gasteiger partial charge in [0.25, 0.3) is 0 Å². The maximum atomic E-state index is 11.7. The molecule has 0 atom stereocenters. The van der Waals surface area contributed by atoms with Crippen molar-refractivity contribution in [3.63, 3.8) is 0 Å². The molecule has 1 aliphatic rings. The van der Waals surface area contributed by atoms with Gasteiger partial charge in [-0.1, -0.05) is 0 Å². The predicted molar refractivity (Wildman–Crippen MR) is 66.5 cm³/mol. The van der Waals surface area contributed by atoms with Crippen LogP contribution in [0.25, 0.3) is 0 Å². The van der Waals surface area contributed by atoms with Crippen LogP contribution in [0.1, 0.15) is 18.4 Å². The molecule has 4 nitrogen and oxygen atoms in total. The van der Waals surface area contributed by atoms with E-state index >= 15 is 0 Å². The predicted octanol–water partition coefficient (Wildman–Crippen LogP) is 0.740. The van der Waals surface area contributed by atoms with E-state index in [0.717, 1.165) is 18.7 Å². The van der Waals surface area contributed by atoms with E-state index in [4.69, 9.17) is 0 Å². The fraction of sp³-hybridized carbons (Fsp3) is 0.538. The van der Waals surface area contributed by atoms with Crippen molar-refractivity contribution in [2.24, 2.45) is 5.41 Å². The van der Waals surface area contributed by atoms with Crippen molar-refractivity contribution < 1.29 is 4.79 Å². The first-order valence-electron chi connectivity index (χ1n) is 6.04. The maximum absolute atomic E-state index is 11.7. The van der Waals surface area contributed by atoms with Gasteiger partial charge in [-0.25, -0.2) is 0 Å². The number of rotatable bonds is 6. The zero-order chi connectivity index (χ0) is 12.1. The monoisotopic (exact) mass is 233 g/mol. The van der Waals surface area contributed by atoms with Gasteiger partial charge in [-0.15, -0.1) is 0 Å². The first kappa shape index (κ1) is 12.0. The van der Waals surface area contributed by atoms with Crippen LogP contribution >= 0.6 is 0 Å². The Morgan fingerprint density at radius 2 is 2.06 bits per heavy atom. The minimum absolute atomic E-state index is 0.0959. The number of pyridine rings is 1. The van der Waals surface area contributed by atoms with E-state index in [9.17, 15) is 4.79 Å². The molecule has 0 saturated heterocycles. The molecular weight excluding hydrogens is 214 g/mol. The average molecular weight is 233 g/mol. The lowest BCUT2D eigenvalue weighted by molar-refractivity contribution is -0.120. The summed E-state index contributed by atoms with van der Waals surface area (Å²) < 4.78 is 0. The van der Waals surface area contributed by atoms with Gasteiger partial charge in [0.1, 0.15) is 0 Å². The van der Waals surface area contributed by atoms with E-state index in [2.05, 4.69) is 15.6 Å². The quantitative estimate of drug-likeness (QED) is 0.762. The van der Waals surface area contributed by atoms with Crippen molar-refractivity contribution in [1.82, 2.24) is 15.6 Å². The molecule has 0 bridgehead atoms. The molecule has 0 radical (unpaired) electrons. The number of aromatic nitrogens is 1. The summed E-state index contributed by atoms with van der Waals surface area (Å²) in [5.74, 6) is 0.0959. The number of hydrogen-bond donors (Lipinski definition) is 2. The lowest BCUT2D eigenvalue weighted by Gasteiger charge is -2.15. The third-order valence-corrected chi connectivity index (χ3v) is 3.28. The molecule has 1 aromatic heterocycles. The van der Waals surface area contributed by atoms with Crippen LogP contribution in [-0.4, -0.2) is 31.0 Å². The Morgan fingerprint density at radius 1 is 1.35 bits per heavy atom. The summed E-state index contributed by atoms with van der Waals surface area (Å²) >= 11 is 0. The normalized spacial score (nSPS) is 16.5. The second kappa shape index (κ2) is 5.27. The molecule has 2 rings (SSSR count). The largest absolute Gasteiger partial charge is 0.355 e. The molecule has 2 N–H and O–H groups in total. The highest BCUT2D eigenvalue weighted by Crippen LogP contribution is 2.44. The Balaban J connectivity index is 1.75. The zero-order valence-electron chi connectivity index (χ0n) is 10.2. The van der Waals surface area contributed by atoms with E-state index < -0.39 is 0 Å². The molecule has 0 aliphatic heterocycles. The highest BCUT2D eigenvalue weighted by atomic mass is 16.1. The van der Waals surface area contributed by atoms with E-state index in [1.165, 1.54) is 12.8 Å². The Hall–Kier alpha value is -1.42. The van der Waals surface area contributed by atoms with Gasteiger partial charge in [0, 0.05) is 30.9 Å². The third-order valence-electron chi connectivity index (χ3n) is 3.28. The number of carbonyl (C=O) groups is 1. The van der Waals surface area contributed by atoms with Crippen LogP contribution in [-0.2, 0) is 11.2 Å². The molecule has 0 unspecified atom stereocenters. The number of carbonyl (C=O) groups excluding carboxylic acids is 1. The molecule has 1 aliphatic carbocycles. The number of amides is 1. The van der Waals surface area contributed by atoms with Gasteiger partial charge in [-0.05, 0) is 37.6 Å². The fourth-order valence-electron chi connectivity index (χ4n) is 2.00. The summed E-state index contributed by atoms with van der Waals surface area (Å²) in [5, 5.41) is 6.20. The lowest BCUT2D eigenvalue weighted by Crippen LogP contribution is -2.35. The fourth-order valence-corrected chi connectivity index (χ4v) is 2.00. The summed E-state index contributed by atoms with van der Waals surface area (Å²) in [6.45, 7) is 1.78. The molecule has 1 amide bonds. The third kappa shape index (κ3) is 3.53. The van der Waals surface area contributed by atoms with Crippen molar-refractivity contribution in [1.29, 1.82) is 0 Å². The van der Waals surface area contributed by atoms with Gasteiger partial charge in [0.15, 0.2) is 0 Å². The Labute approximate surface area is 102 Å². The highest BCUT2D eigenvalue weighted by molar-refractivity contribution is 5.78. The first-order chi connectivity index (χ1) is 8.24. The van der Waals surface area contributed by atoms with Gasteiger partial charge in [0.2, 0.25) is 5.91 Å². The molecule has 1 saturated carbocycles. The van der Waals surface area contributed by atoms with Gasteiger partial charge in [-0.3, -0.25) is 9.78 Å². The average Bonchev–Trinajstić information content (AvgIpc) is 3.09. The minimum atomic E-state index is 0.0959. The van der Waals surface area contributed by atoms with Crippen LogP contribution in [0.4, 0.5) is 0 Å². The molecule has 4 heteroatoms. The molecule has 92 valence electrons. The van der Waals surface area contributed by atoms with E-state index in [-0.39, 0.29) is 5.91 Å². The van der Waals surface area contributed by atoms with Crippen LogP contribution in [0.5, 0.6) is 0 Å². The summed E-state index contributed by atoms with van der Waals surface area (Å²) in [7, 11) is 1.96. The van der Waals surface area contributed by atoms with E-state index in [1.807, 2.05) is 19.2 Å². The van der Waals surface area contributed by atoms with Crippen molar-refractivity contribution >= 4 is 5.91 Å². The van der Waals surface area contributed by atoms with Gasteiger partial charge >= 0.3 is 0 Å². The Bertz CT molecular complexity index is 374. The molecule has 17 heavy (non-hydrogen) atoms. The molecule has 1 heterocycles. The summed E-state index contributed by atoms with van der Waals surface area (Å²) in [5.41, 5.74) is 1.33. The van der Waals surface area contributed by atoms with Crippen molar-refractivity contribution in [3.8, 4) is 0 Å². The number of nitrogens with one attached hydrogen (secondary N) is 2. The van der Waals surface area contributed by atoms with Crippen LogP contribution < -0.4 is 10.6 Å². The van der Waals surface area contributed by atoms with Crippen LogP contribution in [0, 0.1) is 5.41 Å². The van der Waals surface area contributed by atoms with Gasteiger partial charge in [-0.2, -0.15) is 0 Å². The van der Waals surface area contributed by atoms with Crippen molar-refractivity contribution in [2.75, 3.05) is 20.1 Å². The Morgan fingerprint density at radius 3 is 2.65 bits per heavy atom. The molecule has 1 aromatic rings. The zero-order valence-corrected chi connectivity index (χ0v) is 10.2. The Kier molecular flexibility index (Phi) is 3.74. The van der Waals surface area contributed by atoms with Gasteiger partial charge in [0.05, 0.1) is 6.42 Å². The lowest BCUT2D eigenvalue weighted by atomic mass is 10.1. The van der Waals surface area contributed by atoms with Crippen molar-refractivity contribution in [2.45, 2.75) is 19.3 Å². The highest BCUT2D eigenvalue weighted by Gasteiger charge is 2.41. The summed E-state index contributed by atoms with van der Waals surface area (Å²) in [6, 6.07) is 3.75. The van der Waals surface area contributed by atoms with Crippen LogP contribution in [0.15, 0.2) is 24.5 Å². The second-order valence-corrected chi connectivity index (χ2v) is 4.84. The first-order valence-corrected chi connectivity index (χ1v) is 6.04. The minimum Gasteiger partial charge on any atom is -0.355 e. The smallest absolute Gasteiger partial charge is 0.224 e. The molecule has 0 aromatic carbocycles. The van der Waals surface area contributed by atoms with E-state index in [1.54, 1.807) is 12.4 Å².